The first-order chi connectivity index (χ1) is 25.7. The zero-order valence-electron chi connectivity index (χ0n) is 34.5. The average Bonchev–Trinajstić information content (AvgIpc) is 3.15. The molecule has 3 aliphatic heterocycles. The van der Waals surface area contributed by atoms with E-state index in [0.717, 1.165) is 43.3 Å². The quantitative estimate of drug-likeness (QED) is 0.246. The molecule has 4 aliphatic rings. The highest BCUT2D eigenvalue weighted by molar-refractivity contribution is 5.85. The van der Waals surface area contributed by atoms with Crippen LogP contribution in [0.2, 0.25) is 0 Å². The van der Waals surface area contributed by atoms with Gasteiger partial charge < -0.3 is 38.8 Å². The highest BCUT2D eigenvalue weighted by atomic mass is 16.6. The highest BCUT2D eigenvalue weighted by Gasteiger charge is 2.44. The Morgan fingerprint density at radius 3 is 2.24 bits per heavy atom. The molecule has 1 amide bonds. The molecule has 1 aliphatic carbocycles. The summed E-state index contributed by atoms with van der Waals surface area (Å²) in [6.45, 7) is 12.5. The van der Waals surface area contributed by atoms with Crippen molar-refractivity contribution in [2.45, 2.75) is 173 Å². The molecule has 308 valence electrons. The number of amides is 1. The lowest BCUT2D eigenvalue weighted by Gasteiger charge is -2.44. The molecule has 3 heterocycles. The highest BCUT2D eigenvalue weighted by Crippen LogP contribution is 2.36. The van der Waals surface area contributed by atoms with Crippen molar-refractivity contribution in [3.63, 3.8) is 0 Å². The number of piperidine rings is 1. The Labute approximate surface area is 324 Å². The summed E-state index contributed by atoms with van der Waals surface area (Å²) >= 11 is 0. The maximum atomic E-state index is 14.3. The van der Waals surface area contributed by atoms with Crippen molar-refractivity contribution < 1.29 is 48.3 Å². The fourth-order valence-electron chi connectivity index (χ4n) is 9.47. The van der Waals surface area contributed by atoms with Crippen LogP contribution in [0, 0.1) is 29.6 Å². The van der Waals surface area contributed by atoms with Crippen LogP contribution in [-0.4, -0.2) is 116 Å². The number of allylic oxidation sites excluding steroid dienone is 3. The topological polar surface area (TPSA) is 141 Å². The number of methoxy groups -OCH3 is 3. The third-order valence-electron chi connectivity index (χ3n) is 12.8. The Morgan fingerprint density at radius 2 is 1.57 bits per heavy atom. The van der Waals surface area contributed by atoms with Crippen LogP contribution in [0.1, 0.15) is 119 Å². The zero-order valence-corrected chi connectivity index (χ0v) is 34.5. The van der Waals surface area contributed by atoms with Gasteiger partial charge in [-0.3, -0.25) is 9.59 Å². The predicted octanol–water partition coefficient (Wildman–Crippen LogP) is 5.97. The number of carbonyl (C=O) groups excluding carboxylic acids is 3. The summed E-state index contributed by atoms with van der Waals surface area (Å²) in [5.74, 6) is -1.30. The van der Waals surface area contributed by atoms with E-state index in [2.05, 4.69) is 26.8 Å². The Hall–Kier alpha value is -2.15. The number of nitrogens with zero attached hydrogens (tertiary/aromatic N) is 1. The maximum Gasteiger partial charge on any atom is 0.329 e. The summed E-state index contributed by atoms with van der Waals surface area (Å²) in [5.41, 5.74) is 1.88. The molecule has 11 heteroatoms. The number of hydrogen-bond acceptors (Lipinski definition) is 10. The number of rotatable bonds is 6. The van der Waals surface area contributed by atoms with Crippen molar-refractivity contribution in [3.05, 3.63) is 23.3 Å². The first-order valence-electron chi connectivity index (χ1n) is 20.7. The van der Waals surface area contributed by atoms with Gasteiger partial charge in [0.25, 0.3) is 0 Å². The van der Waals surface area contributed by atoms with Crippen LogP contribution < -0.4 is 0 Å². The minimum atomic E-state index is -1.06. The van der Waals surface area contributed by atoms with Crippen LogP contribution in [0.4, 0.5) is 0 Å². The fourth-order valence-corrected chi connectivity index (χ4v) is 9.47. The van der Waals surface area contributed by atoms with Gasteiger partial charge in [0.2, 0.25) is 5.91 Å². The van der Waals surface area contributed by atoms with Crippen molar-refractivity contribution in [3.8, 4) is 0 Å². The lowest BCUT2D eigenvalue weighted by Crippen LogP contribution is -2.54. The predicted molar refractivity (Wildman–Crippen MR) is 207 cm³/mol. The Balaban J connectivity index is 1.70. The number of fused-ring (bicyclic) bond motifs is 3. The van der Waals surface area contributed by atoms with E-state index >= 15 is 0 Å². The van der Waals surface area contributed by atoms with Crippen LogP contribution in [0.25, 0.3) is 0 Å². The third kappa shape index (κ3) is 11.5. The van der Waals surface area contributed by atoms with Crippen LogP contribution in [0.5, 0.6) is 0 Å². The van der Waals surface area contributed by atoms with Crippen LogP contribution in [0.3, 0.4) is 0 Å². The minimum Gasteiger partial charge on any atom is -0.456 e. The molecule has 0 aromatic heterocycles. The summed E-state index contributed by atoms with van der Waals surface area (Å²) < 4.78 is 30.7. The van der Waals surface area contributed by atoms with Crippen LogP contribution in [-0.2, 0) is 38.1 Å². The SMILES string of the molecule is CC[C@@H]1/C=C(\C)C[C@H](C)C[C@H](OC)[C@H]2O[C@@H](CC(=O)N3CCCC[C@H]3C(=O)O[C@H](/C(C)=C/[C@@H]3CC[C@@H](O)[C@H](OC)C3)[C@H](C)[C@@H](O)CC1=O)[C@H](C)C[C@@H]2OC. The van der Waals surface area contributed by atoms with Gasteiger partial charge in [-0.05, 0) is 101 Å². The molecule has 0 radical (unpaired) electrons. The van der Waals surface area contributed by atoms with E-state index in [9.17, 15) is 24.6 Å². The lowest BCUT2D eigenvalue weighted by atomic mass is 9.81. The van der Waals surface area contributed by atoms with Crippen molar-refractivity contribution >= 4 is 17.7 Å². The summed E-state index contributed by atoms with van der Waals surface area (Å²) in [5, 5.41) is 22.1. The van der Waals surface area contributed by atoms with Gasteiger partial charge in [-0.15, -0.1) is 0 Å². The molecule has 0 spiro atoms. The number of Topliss-reactive ketones (excluding diaryl/α,β-unsaturated/α-hetero) is 1. The average molecular weight is 762 g/mol. The molecule has 54 heavy (non-hydrogen) atoms. The molecule has 0 unspecified atom stereocenters. The molecule has 3 fully saturated rings. The normalized spacial score (nSPS) is 41.2. The zero-order chi connectivity index (χ0) is 39.7. The van der Waals surface area contributed by atoms with Crippen molar-refractivity contribution in [2.75, 3.05) is 27.9 Å². The monoisotopic (exact) mass is 762 g/mol. The molecule has 14 atom stereocenters. The van der Waals surface area contributed by atoms with Gasteiger partial charge in [-0.2, -0.15) is 0 Å². The number of ether oxygens (including phenoxy) is 5. The Morgan fingerprint density at radius 1 is 0.889 bits per heavy atom. The largest absolute Gasteiger partial charge is 0.456 e. The van der Waals surface area contributed by atoms with Gasteiger partial charge in [0.1, 0.15) is 24.0 Å². The Bertz CT molecular complexity index is 1300. The molecule has 2 bridgehead atoms. The number of esters is 1. The van der Waals surface area contributed by atoms with Crippen molar-refractivity contribution in [1.82, 2.24) is 4.90 Å². The number of hydrogen-bond donors (Lipinski definition) is 2. The van der Waals surface area contributed by atoms with E-state index < -0.39 is 36.2 Å². The molecule has 0 aromatic carbocycles. The second-order valence-electron chi connectivity index (χ2n) is 17.1. The Kier molecular flexibility index (Phi) is 17.2. The van der Waals surface area contributed by atoms with Crippen LogP contribution >= 0.6 is 0 Å². The van der Waals surface area contributed by atoms with E-state index in [4.69, 9.17) is 23.7 Å². The summed E-state index contributed by atoms with van der Waals surface area (Å²) in [4.78, 5) is 43.9. The smallest absolute Gasteiger partial charge is 0.329 e. The first-order valence-corrected chi connectivity index (χ1v) is 20.7. The molecule has 2 N–H and O–H groups in total. The molecular weight excluding hydrogens is 690 g/mol. The van der Waals surface area contributed by atoms with Gasteiger partial charge >= 0.3 is 5.97 Å². The van der Waals surface area contributed by atoms with Gasteiger partial charge in [0, 0.05) is 46.1 Å². The fraction of sp³-hybridized carbons (Fsp3) is 0.837. The number of aliphatic hydroxyl groups excluding tert-OH is 2. The van der Waals surface area contributed by atoms with Gasteiger partial charge in [-0.25, -0.2) is 4.79 Å². The van der Waals surface area contributed by atoms with Crippen LogP contribution in [0.15, 0.2) is 23.3 Å². The molecule has 1 saturated carbocycles. The molecule has 4 rings (SSSR count). The number of carbonyl (C=O) groups is 3. The van der Waals surface area contributed by atoms with E-state index in [0.29, 0.717) is 38.6 Å². The van der Waals surface area contributed by atoms with Gasteiger partial charge in [0.15, 0.2) is 0 Å². The van der Waals surface area contributed by atoms with Gasteiger partial charge in [0.05, 0.1) is 43.0 Å². The minimum absolute atomic E-state index is 0.0497. The van der Waals surface area contributed by atoms with E-state index in [1.165, 1.54) is 0 Å². The third-order valence-corrected chi connectivity index (χ3v) is 12.8. The summed E-state index contributed by atoms with van der Waals surface area (Å²) in [6, 6.07) is -0.768. The summed E-state index contributed by atoms with van der Waals surface area (Å²) in [6.07, 6.45) is 7.11. The second-order valence-corrected chi connectivity index (χ2v) is 17.1. The molecular formula is C43H71NO10. The molecule has 2 saturated heterocycles. The standard InChI is InChI=1S/C43H71NO10/c1-10-31-18-25(2)17-26(3)19-38(51-8)42-39(52-9)21-27(4)36(53-42)24-40(48)44-16-12-11-13-32(44)43(49)54-41(29(6)34(46)23-35(31)47)28(5)20-30-14-15-33(45)37(22-30)50-7/h18,20,26-27,29-34,36-39,41-42,45-46H,10-17,19,21-24H2,1-9H3/b25-18+,28-20+/t26-,27+,29+,30-,31+,32-,33+,34-,36-,37+,38-,39-,41+,42+/m0/s1. The number of aliphatic hydroxyl groups is 2. The summed E-state index contributed by atoms with van der Waals surface area (Å²) in [7, 11) is 4.99. The molecule has 0 aromatic rings. The number of cyclic esters (lactones) is 1. The van der Waals surface area contributed by atoms with Crippen molar-refractivity contribution in [2.24, 2.45) is 29.6 Å². The molecule has 11 nitrogen and oxygen atoms in total. The lowest BCUT2D eigenvalue weighted by molar-refractivity contribution is -0.198. The maximum absolute atomic E-state index is 14.3. The van der Waals surface area contributed by atoms with E-state index in [1.807, 2.05) is 26.8 Å². The van der Waals surface area contributed by atoms with Crippen molar-refractivity contribution in [1.29, 1.82) is 0 Å². The first kappa shape index (κ1) is 44.6. The van der Waals surface area contributed by atoms with E-state index in [1.54, 1.807) is 26.2 Å². The van der Waals surface area contributed by atoms with Gasteiger partial charge in [-0.1, -0.05) is 45.4 Å². The van der Waals surface area contributed by atoms with E-state index in [-0.39, 0.29) is 78.7 Å². The second kappa shape index (κ2) is 20.8. The number of ketones is 1.